The molecular weight excluding hydrogens is 356 g/mol. The Morgan fingerprint density at radius 3 is 1.86 bits per heavy atom. The van der Waals surface area contributed by atoms with Gasteiger partial charge in [0.05, 0.1) is 4.92 Å². The third-order valence-electron chi connectivity index (χ3n) is 4.02. The van der Waals surface area contributed by atoms with Crippen LogP contribution in [0.1, 0.15) is 0 Å². The van der Waals surface area contributed by atoms with Gasteiger partial charge in [0.1, 0.15) is 17.1 Å². The molecule has 7 nitrogen and oxygen atoms in total. The first-order valence-corrected chi connectivity index (χ1v) is 8.48. The third kappa shape index (κ3) is 3.68. The van der Waals surface area contributed by atoms with Crippen molar-refractivity contribution in [2.75, 3.05) is 0 Å². The molecule has 3 aromatic carbocycles. The second kappa shape index (κ2) is 7.63. The fraction of sp³-hybridized carbons (Fsp3) is 0. The Bertz CT molecular complexity index is 1100. The molecule has 1 heterocycles. The van der Waals surface area contributed by atoms with E-state index in [1.807, 2.05) is 60.7 Å². The van der Waals surface area contributed by atoms with Crippen LogP contribution in [0.2, 0.25) is 0 Å². The molecule has 0 fully saturated rings. The summed E-state index contributed by atoms with van der Waals surface area (Å²) in [5.41, 5.74) is 3.03. The maximum absolute atomic E-state index is 10.8. The lowest BCUT2D eigenvalue weighted by molar-refractivity contribution is -0.384. The Morgan fingerprint density at radius 1 is 0.714 bits per heavy atom. The van der Waals surface area contributed by atoms with Gasteiger partial charge >= 0.3 is 6.01 Å². The molecule has 0 unspecified atom stereocenters. The Balaban J connectivity index is 1.73. The molecule has 0 bridgehead atoms. The lowest BCUT2D eigenvalue weighted by Gasteiger charge is -2.10. The van der Waals surface area contributed by atoms with Crippen LogP contribution in [0.15, 0.2) is 84.9 Å². The van der Waals surface area contributed by atoms with Crippen LogP contribution in [0, 0.1) is 10.1 Å². The van der Waals surface area contributed by atoms with Crippen molar-refractivity contribution in [1.29, 1.82) is 0 Å². The third-order valence-corrected chi connectivity index (χ3v) is 4.02. The minimum Gasteiger partial charge on any atom is -0.423 e. The predicted molar refractivity (Wildman–Crippen MR) is 104 cm³/mol. The molecule has 7 heteroatoms. The Hall–Kier alpha value is -4.13. The number of hydrogen-bond acceptors (Lipinski definition) is 6. The van der Waals surface area contributed by atoms with Crippen LogP contribution < -0.4 is 4.74 Å². The number of benzene rings is 3. The normalized spacial score (nSPS) is 10.4. The van der Waals surface area contributed by atoms with Gasteiger partial charge in [-0.2, -0.15) is 4.98 Å². The van der Waals surface area contributed by atoms with Crippen LogP contribution in [0.5, 0.6) is 11.8 Å². The molecule has 0 aliphatic heterocycles. The van der Waals surface area contributed by atoms with Crippen LogP contribution in [-0.4, -0.2) is 20.1 Å². The zero-order valence-corrected chi connectivity index (χ0v) is 14.6. The molecule has 1 aromatic heterocycles. The monoisotopic (exact) mass is 370 g/mol. The van der Waals surface area contributed by atoms with Gasteiger partial charge in [-0.1, -0.05) is 65.8 Å². The van der Waals surface area contributed by atoms with E-state index in [0.29, 0.717) is 17.1 Å². The average Bonchev–Trinajstić information content (AvgIpc) is 2.75. The summed E-state index contributed by atoms with van der Waals surface area (Å²) in [4.78, 5) is 14.8. The van der Waals surface area contributed by atoms with E-state index < -0.39 is 4.92 Å². The van der Waals surface area contributed by atoms with Gasteiger partial charge in [0.2, 0.25) is 0 Å². The maximum atomic E-state index is 10.8. The molecule has 4 rings (SSSR count). The van der Waals surface area contributed by atoms with Crippen LogP contribution in [0.4, 0.5) is 5.69 Å². The van der Waals surface area contributed by atoms with Crippen molar-refractivity contribution >= 4 is 5.69 Å². The second-order valence-electron chi connectivity index (χ2n) is 5.88. The van der Waals surface area contributed by atoms with E-state index in [1.165, 1.54) is 24.3 Å². The number of hydrogen-bond donors (Lipinski definition) is 0. The van der Waals surface area contributed by atoms with Crippen molar-refractivity contribution in [3.8, 4) is 34.3 Å². The molecule has 136 valence electrons. The number of aromatic nitrogens is 3. The van der Waals surface area contributed by atoms with E-state index in [0.717, 1.165) is 11.1 Å². The van der Waals surface area contributed by atoms with Crippen molar-refractivity contribution in [2.24, 2.45) is 0 Å². The second-order valence-corrected chi connectivity index (χ2v) is 5.88. The summed E-state index contributed by atoms with van der Waals surface area (Å²) in [6.45, 7) is 0. The number of nitro groups is 1. The number of rotatable bonds is 5. The SMILES string of the molecule is O=[N+]([O-])c1ccc(Oc2nnc(-c3ccccc3)c(-c3ccccc3)n2)cc1. The van der Waals surface area contributed by atoms with Gasteiger partial charge in [-0.15, -0.1) is 5.10 Å². The highest BCUT2D eigenvalue weighted by Gasteiger charge is 2.15. The molecule has 0 saturated carbocycles. The zero-order chi connectivity index (χ0) is 19.3. The molecule has 28 heavy (non-hydrogen) atoms. The summed E-state index contributed by atoms with van der Waals surface area (Å²) < 4.78 is 5.66. The van der Waals surface area contributed by atoms with Gasteiger partial charge in [-0.05, 0) is 12.1 Å². The van der Waals surface area contributed by atoms with Gasteiger partial charge in [0, 0.05) is 23.3 Å². The summed E-state index contributed by atoms with van der Waals surface area (Å²) in [6.07, 6.45) is 0. The van der Waals surface area contributed by atoms with Gasteiger partial charge in [-0.3, -0.25) is 10.1 Å². The van der Waals surface area contributed by atoms with Crippen molar-refractivity contribution < 1.29 is 9.66 Å². The van der Waals surface area contributed by atoms with Crippen LogP contribution in [-0.2, 0) is 0 Å². The van der Waals surface area contributed by atoms with Gasteiger partial charge in [-0.25, -0.2) is 0 Å². The quantitative estimate of drug-likeness (QED) is 0.366. The fourth-order valence-corrected chi connectivity index (χ4v) is 2.68. The minimum absolute atomic E-state index is 0.0178. The largest absolute Gasteiger partial charge is 0.423 e. The topological polar surface area (TPSA) is 91.0 Å². The molecule has 0 atom stereocenters. The molecule has 0 spiro atoms. The van der Waals surface area contributed by atoms with E-state index in [-0.39, 0.29) is 11.7 Å². The Kier molecular flexibility index (Phi) is 4.71. The predicted octanol–water partition coefficient (Wildman–Crippen LogP) is 4.91. The van der Waals surface area contributed by atoms with Gasteiger partial charge in [0.15, 0.2) is 0 Å². The lowest BCUT2D eigenvalue weighted by atomic mass is 10.0. The van der Waals surface area contributed by atoms with Crippen LogP contribution in [0.3, 0.4) is 0 Å². The number of nitro benzene ring substituents is 1. The summed E-state index contributed by atoms with van der Waals surface area (Å²) in [5.74, 6) is 0.388. The number of ether oxygens (including phenoxy) is 1. The van der Waals surface area contributed by atoms with Gasteiger partial charge < -0.3 is 4.74 Å². The lowest BCUT2D eigenvalue weighted by Crippen LogP contribution is -2.00. The highest BCUT2D eigenvalue weighted by Crippen LogP contribution is 2.30. The molecule has 4 aromatic rings. The minimum atomic E-state index is -0.468. The van der Waals surface area contributed by atoms with E-state index in [2.05, 4.69) is 15.2 Å². The van der Waals surface area contributed by atoms with E-state index >= 15 is 0 Å². The Morgan fingerprint density at radius 2 is 1.29 bits per heavy atom. The molecule has 0 saturated heterocycles. The summed E-state index contributed by atoms with van der Waals surface area (Å²) in [6, 6.07) is 25.1. The molecule has 0 aliphatic carbocycles. The first-order valence-electron chi connectivity index (χ1n) is 8.48. The van der Waals surface area contributed by atoms with Crippen LogP contribution in [0.25, 0.3) is 22.5 Å². The standard InChI is InChI=1S/C21H14N4O3/c26-25(27)17-11-13-18(14-12-17)28-21-22-19(15-7-3-1-4-8-15)20(23-24-21)16-9-5-2-6-10-16/h1-14H. The first kappa shape index (κ1) is 17.3. The smallest absolute Gasteiger partial charge is 0.341 e. The maximum Gasteiger partial charge on any atom is 0.341 e. The molecular formula is C21H14N4O3. The average molecular weight is 370 g/mol. The fourth-order valence-electron chi connectivity index (χ4n) is 2.68. The summed E-state index contributed by atoms with van der Waals surface area (Å²) >= 11 is 0. The summed E-state index contributed by atoms with van der Waals surface area (Å²) in [7, 11) is 0. The van der Waals surface area contributed by atoms with Crippen molar-refractivity contribution in [2.45, 2.75) is 0 Å². The van der Waals surface area contributed by atoms with E-state index in [9.17, 15) is 10.1 Å². The highest BCUT2D eigenvalue weighted by atomic mass is 16.6. The number of nitrogens with zero attached hydrogens (tertiary/aromatic N) is 4. The van der Waals surface area contributed by atoms with Crippen LogP contribution >= 0.6 is 0 Å². The van der Waals surface area contributed by atoms with E-state index in [1.54, 1.807) is 0 Å². The molecule has 0 amide bonds. The van der Waals surface area contributed by atoms with Crippen molar-refractivity contribution in [3.05, 3.63) is 95.0 Å². The van der Waals surface area contributed by atoms with E-state index in [4.69, 9.17) is 4.74 Å². The number of non-ortho nitro benzene ring substituents is 1. The van der Waals surface area contributed by atoms with Gasteiger partial charge in [0.25, 0.3) is 5.69 Å². The summed E-state index contributed by atoms with van der Waals surface area (Å²) in [5, 5.41) is 19.2. The highest BCUT2D eigenvalue weighted by molar-refractivity contribution is 5.77. The van der Waals surface area contributed by atoms with Crippen molar-refractivity contribution in [1.82, 2.24) is 15.2 Å². The zero-order valence-electron chi connectivity index (χ0n) is 14.6. The molecule has 0 N–H and O–H groups in total. The van der Waals surface area contributed by atoms with Crippen molar-refractivity contribution in [3.63, 3.8) is 0 Å². The Labute approximate surface area is 160 Å². The first-order chi connectivity index (χ1) is 13.7. The molecule has 0 aliphatic rings. The molecule has 0 radical (unpaired) electrons.